The van der Waals surface area contributed by atoms with Crippen molar-refractivity contribution in [3.05, 3.63) is 36.0 Å². The smallest absolute Gasteiger partial charge is 0.0483 e. The Morgan fingerprint density at radius 2 is 2.10 bits per heavy atom. The summed E-state index contributed by atoms with van der Waals surface area (Å²) in [5.41, 5.74) is 9.05. The summed E-state index contributed by atoms with van der Waals surface area (Å²) in [6.45, 7) is 6.42. The number of nitrogens with two attached hydrogens (primary N) is 1. The number of aromatic nitrogens is 1. The molecule has 3 rings (SSSR count). The lowest BCUT2D eigenvalue weighted by atomic mass is 9.73. The van der Waals surface area contributed by atoms with E-state index in [1.54, 1.807) is 0 Å². The fourth-order valence-electron chi connectivity index (χ4n) is 4.25. The number of benzene rings is 1. The average Bonchev–Trinajstić information content (AvgIpc) is 2.87. The monoisotopic (exact) mass is 284 g/mol. The zero-order valence-electron chi connectivity index (χ0n) is 13.4. The first-order valence-corrected chi connectivity index (χ1v) is 8.52. The molecule has 2 heteroatoms. The quantitative estimate of drug-likeness (QED) is 0.878. The van der Waals surface area contributed by atoms with Crippen molar-refractivity contribution in [1.29, 1.82) is 0 Å². The molecular formula is C19H28N2. The van der Waals surface area contributed by atoms with Gasteiger partial charge in [0.25, 0.3) is 0 Å². The van der Waals surface area contributed by atoms with E-state index in [2.05, 4.69) is 48.9 Å². The van der Waals surface area contributed by atoms with E-state index in [1.165, 1.54) is 42.1 Å². The second kappa shape index (κ2) is 6.23. The molecule has 2 aromatic rings. The number of nitrogens with zero attached hydrogens (tertiary/aromatic N) is 1. The Balaban J connectivity index is 2.00. The predicted molar refractivity (Wildman–Crippen MR) is 90.5 cm³/mol. The Morgan fingerprint density at radius 3 is 2.81 bits per heavy atom. The van der Waals surface area contributed by atoms with Crippen LogP contribution in [0.2, 0.25) is 0 Å². The van der Waals surface area contributed by atoms with Gasteiger partial charge in [0.05, 0.1) is 0 Å². The minimum Gasteiger partial charge on any atom is -0.347 e. The van der Waals surface area contributed by atoms with Crippen molar-refractivity contribution in [3.63, 3.8) is 0 Å². The number of hydrogen-bond acceptors (Lipinski definition) is 1. The Bertz CT molecular complexity index is 599. The molecule has 1 aliphatic carbocycles. The van der Waals surface area contributed by atoms with Crippen molar-refractivity contribution < 1.29 is 0 Å². The highest BCUT2D eigenvalue weighted by Gasteiger charge is 2.28. The van der Waals surface area contributed by atoms with Gasteiger partial charge < -0.3 is 10.3 Å². The topological polar surface area (TPSA) is 30.9 Å². The second-order valence-electron chi connectivity index (χ2n) is 6.76. The van der Waals surface area contributed by atoms with Crippen molar-refractivity contribution in [2.24, 2.45) is 17.6 Å². The van der Waals surface area contributed by atoms with Gasteiger partial charge in [-0.1, -0.05) is 38.0 Å². The molecule has 1 aromatic heterocycles. The lowest BCUT2D eigenvalue weighted by Crippen LogP contribution is -2.26. The van der Waals surface area contributed by atoms with E-state index in [-0.39, 0.29) is 0 Å². The molecule has 0 amide bonds. The van der Waals surface area contributed by atoms with Crippen LogP contribution in [0.25, 0.3) is 10.9 Å². The Kier molecular flexibility index (Phi) is 4.34. The van der Waals surface area contributed by atoms with Crippen LogP contribution in [-0.4, -0.2) is 11.1 Å². The molecule has 2 N–H and O–H groups in total. The van der Waals surface area contributed by atoms with Gasteiger partial charge in [-0.25, -0.2) is 0 Å². The van der Waals surface area contributed by atoms with Crippen LogP contribution < -0.4 is 5.73 Å². The molecule has 1 heterocycles. The van der Waals surface area contributed by atoms with Crippen LogP contribution in [0.1, 0.15) is 51.0 Å². The summed E-state index contributed by atoms with van der Waals surface area (Å²) in [4.78, 5) is 0. The zero-order valence-corrected chi connectivity index (χ0v) is 13.4. The van der Waals surface area contributed by atoms with E-state index in [1.807, 2.05) is 0 Å². The van der Waals surface area contributed by atoms with Crippen LogP contribution in [0.4, 0.5) is 0 Å². The number of aryl methyl sites for hydroxylation is 1. The fraction of sp³-hybridized carbons (Fsp3) is 0.579. The Hall–Kier alpha value is -1.28. The van der Waals surface area contributed by atoms with Gasteiger partial charge in [0, 0.05) is 29.6 Å². The first-order chi connectivity index (χ1) is 10.2. The molecule has 1 aliphatic rings. The minimum absolute atomic E-state index is 0.519. The molecular weight excluding hydrogens is 256 g/mol. The molecule has 0 aliphatic heterocycles. The number of rotatable bonds is 4. The standard InChI is InChI=1S/C19H28N2/c1-3-21-13-18(16-9-4-5-10-19(16)21)17(12-20)15-8-6-7-14(2)11-15/h4-5,9-10,13-15,17H,3,6-8,11-12,20H2,1-2H3. The number of hydrogen-bond donors (Lipinski definition) is 1. The van der Waals surface area contributed by atoms with Gasteiger partial charge in [-0.05, 0) is 49.8 Å². The van der Waals surface area contributed by atoms with Crippen molar-refractivity contribution in [1.82, 2.24) is 4.57 Å². The third kappa shape index (κ3) is 2.74. The third-order valence-corrected chi connectivity index (χ3v) is 5.36. The van der Waals surface area contributed by atoms with E-state index >= 15 is 0 Å². The minimum atomic E-state index is 0.519. The fourth-order valence-corrected chi connectivity index (χ4v) is 4.25. The van der Waals surface area contributed by atoms with Crippen LogP contribution in [0.15, 0.2) is 30.5 Å². The van der Waals surface area contributed by atoms with Crippen LogP contribution in [-0.2, 0) is 6.54 Å². The first kappa shape index (κ1) is 14.6. The van der Waals surface area contributed by atoms with Gasteiger partial charge in [0.1, 0.15) is 0 Å². The second-order valence-corrected chi connectivity index (χ2v) is 6.76. The summed E-state index contributed by atoms with van der Waals surface area (Å²) in [5.74, 6) is 2.14. The van der Waals surface area contributed by atoms with Gasteiger partial charge >= 0.3 is 0 Å². The van der Waals surface area contributed by atoms with Gasteiger partial charge in [-0.2, -0.15) is 0 Å². The summed E-state index contributed by atoms with van der Waals surface area (Å²) in [7, 11) is 0. The molecule has 1 aromatic carbocycles. The molecule has 0 bridgehead atoms. The van der Waals surface area contributed by atoms with E-state index in [9.17, 15) is 0 Å². The summed E-state index contributed by atoms with van der Waals surface area (Å²) in [5, 5.41) is 1.41. The van der Waals surface area contributed by atoms with Crippen molar-refractivity contribution in [2.75, 3.05) is 6.54 Å². The molecule has 0 radical (unpaired) electrons. The lowest BCUT2D eigenvalue weighted by Gasteiger charge is -2.32. The van der Waals surface area contributed by atoms with Gasteiger partial charge in [-0.15, -0.1) is 0 Å². The summed E-state index contributed by atoms with van der Waals surface area (Å²) < 4.78 is 2.37. The van der Waals surface area contributed by atoms with Crippen LogP contribution >= 0.6 is 0 Å². The molecule has 0 saturated heterocycles. The van der Waals surface area contributed by atoms with E-state index in [0.29, 0.717) is 5.92 Å². The maximum Gasteiger partial charge on any atom is 0.0483 e. The molecule has 0 spiro atoms. The molecule has 3 atom stereocenters. The Labute approximate surface area is 128 Å². The van der Waals surface area contributed by atoms with E-state index in [4.69, 9.17) is 5.73 Å². The van der Waals surface area contributed by atoms with Crippen molar-refractivity contribution in [3.8, 4) is 0 Å². The van der Waals surface area contributed by atoms with Crippen molar-refractivity contribution in [2.45, 2.75) is 52.0 Å². The first-order valence-electron chi connectivity index (χ1n) is 8.52. The maximum atomic E-state index is 6.21. The van der Waals surface area contributed by atoms with E-state index < -0.39 is 0 Å². The highest BCUT2D eigenvalue weighted by Crippen LogP contribution is 2.40. The highest BCUT2D eigenvalue weighted by molar-refractivity contribution is 5.84. The van der Waals surface area contributed by atoms with Gasteiger partial charge in [0.2, 0.25) is 0 Å². The molecule has 2 nitrogen and oxygen atoms in total. The Morgan fingerprint density at radius 1 is 1.29 bits per heavy atom. The summed E-state index contributed by atoms with van der Waals surface area (Å²) in [6.07, 6.45) is 7.81. The lowest BCUT2D eigenvalue weighted by molar-refractivity contribution is 0.248. The van der Waals surface area contributed by atoms with Crippen LogP contribution in [0, 0.1) is 11.8 Å². The number of para-hydroxylation sites is 1. The van der Waals surface area contributed by atoms with E-state index in [0.717, 1.165) is 24.9 Å². The molecule has 1 saturated carbocycles. The SMILES string of the molecule is CCn1cc(C(CN)C2CCCC(C)C2)c2ccccc21. The van der Waals surface area contributed by atoms with Gasteiger partial charge in [0.15, 0.2) is 0 Å². The largest absolute Gasteiger partial charge is 0.347 e. The molecule has 1 fully saturated rings. The van der Waals surface area contributed by atoms with Crippen molar-refractivity contribution >= 4 is 10.9 Å². The van der Waals surface area contributed by atoms with Gasteiger partial charge in [-0.3, -0.25) is 0 Å². The summed E-state index contributed by atoms with van der Waals surface area (Å²) in [6, 6.07) is 8.80. The number of fused-ring (bicyclic) bond motifs is 1. The zero-order chi connectivity index (χ0) is 14.8. The molecule has 114 valence electrons. The normalized spacial score (nSPS) is 24.3. The van der Waals surface area contributed by atoms with Crippen LogP contribution in [0.5, 0.6) is 0 Å². The molecule has 3 unspecified atom stereocenters. The summed E-state index contributed by atoms with van der Waals surface area (Å²) >= 11 is 0. The predicted octanol–water partition coefficient (Wildman–Crippen LogP) is 4.53. The van der Waals surface area contributed by atoms with Crippen LogP contribution in [0.3, 0.4) is 0 Å². The highest BCUT2D eigenvalue weighted by atomic mass is 14.9. The maximum absolute atomic E-state index is 6.21. The molecule has 21 heavy (non-hydrogen) atoms. The third-order valence-electron chi connectivity index (χ3n) is 5.36. The average molecular weight is 284 g/mol.